The van der Waals surface area contributed by atoms with Crippen molar-refractivity contribution >= 4 is 23.6 Å². The molecule has 0 bridgehead atoms. The van der Waals surface area contributed by atoms with Gasteiger partial charge in [-0.05, 0) is 5.92 Å². The molecule has 0 aromatic carbocycles. The molecule has 0 saturated carbocycles. The molecule has 0 spiro atoms. The summed E-state index contributed by atoms with van der Waals surface area (Å²) in [7, 11) is 0. The minimum atomic E-state index is -2.43. The summed E-state index contributed by atoms with van der Waals surface area (Å²) in [5, 5.41) is 209. The third-order valence-electron chi connectivity index (χ3n) is 16.9. The predicted molar refractivity (Wildman–Crippen MR) is 313 cm³/mol. The van der Waals surface area contributed by atoms with Crippen LogP contribution in [0.1, 0.15) is 69.2 Å². The minimum absolute atomic E-state index is 0.358. The first-order chi connectivity index (χ1) is 45.4. The Morgan fingerprint density at radius 1 is 0.312 bits per heavy atom. The van der Waals surface area contributed by atoms with Crippen molar-refractivity contribution in [1.29, 1.82) is 0 Å². The van der Waals surface area contributed by atoms with Crippen LogP contribution in [-0.2, 0) is 80.8 Å². The van der Waals surface area contributed by atoms with Crippen molar-refractivity contribution in [3.8, 4) is 0 Å². The highest BCUT2D eigenvalue weighted by molar-refractivity contribution is 5.74. The van der Waals surface area contributed by atoms with Crippen LogP contribution in [0.4, 0.5) is 0 Å². The average Bonchev–Trinajstić information content (AvgIpc) is 0.783. The first-order valence-electron chi connectivity index (χ1n) is 31.8. The smallest absolute Gasteiger partial charge is 0.217 e. The van der Waals surface area contributed by atoms with E-state index >= 15 is 0 Å². The van der Waals surface area contributed by atoms with Crippen LogP contribution in [0.3, 0.4) is 0 Å². The summed E-state index contributed by atoms with van der Waals surface area (Å²) < 4.78 is 77.9. The van der Waals surface area contributed by atoms with Crippen molar-refractivity contribution in [2.45, 2.75) is 284 Å². The molecule has 96 heavy (non-hydrogen) atoms. The van der Waals surface area contributed by atoms with Gasteiger partial charge >= 0.3 is 0 Å². The number of hydrogen-bond acceptors (Lipinski definition) is 35. The highest BCUT2D eigenvalue weighted by Gasteiger charge is 2.59. The van der Waals surface area contributed by atoms with Crippen LogP contribution >= 0.6 is 0 Å². The van der Waals surface area contributed by atoms with E-state index in [9.17, 15) is 111 Å². The first-order valence-corrected chi connectivity index (χ1v) is 31.8. The maximum absolute atomic E-state index is 12.9. The van der Waals surface area contributed by atoms with Crippen LogP contribution in [0.25, 0.3) is 0 Å². The fourth-order valence-corrected chi connectivity index (χ4v) is 12.1. The van der Waals surface area contributed by atoms with Crippen molar-refractivity contribution in [2.24, 2.45) is 5.92 Å². The van der Waals surface area contributed by atoms with Gasteiger partial charge in [0.05, 0.1) is 58.4 Å². The zero-order chi connectivity index (χ0) is 72.1. The van der Waals surface area contributed by atoms with E-state index < -0.39 is 284 Å². The Bertz CT molecular complexity index is 2370. The van der Waals surface area contributed by atoms with Crippen LogP contribution in [-0.4, -0.2) is 376 Å². The van der Waals surface area contributed by atoms with Gasteiger partial charge in [0.25, 0.3) is 0 Å². The van der Waals surface area contributed by atoms with Gasteiger partial charge in [-0.1, -0.05) is 41.5 Å². The fourth-order valence-electron chi connectivity index (χ4n) is 12.1. The van der Waals surface area contributed by atoms with E-state index in [1.807, 2.05) is 27.7 Å². The number of carbonyl (C=O) groups is 4. The summed E-state index contributed by atoms with van der Waals surface area (Å²) in [5.41, 5.74) is 0. The van der Waals surface area contributed by atoms with Gasteiger partial charge in [-0.15, -0.1) is 0 Å². The number of amides is 4. The molecule has 35 atom stereocenters. The third-order valence-corrected chi connectivity index (χ3v) is 16.9. The highest BCUT2D eigenvalue weighted by atomic mass is 16.8. The third kappa shape index (κ3) is 19.4. The lowest BCUT2D eigenvalue weighted by Crippen LogP contribution is -2.71. The van der Waals surface area contributed by atoms with Crippen LogP contribution in [0.5, 0.6) is 0 Å². The second-order valence-corrected chi connectivity index (χ2v) is 23.9. The van der Waals surface area contributed by atoms with E-state index in [4.69, 9.17) is 61.6 Å². The normalized spacial score (nSPS) is 45.1. The summed E-state index contributed by atoms with van der Waals surface area (Å²) in [4.78, 5) is 50.0. The Morgan fingerprint density at radius 2 is 0.604 bits per heavy atom. The fraction of sp³-hybridized carbons (Fsp3) is 0.930. The molecule has 7 aliphatic heterocycles. The molecular formula is C57H102N4O35. The Kier molecular flexibility index (Phi) is 33.0. The van der Waals surface area contributed by atoms with Gasteiger partial charge in [0.15, 0.2) is 37.7 Å². The maximum atomic E-state index is 12.9. The Morgan fingerprint density at radius 3 is 1.00 bits per heavy atom. The predicted octanol–water partition coefficient (Wildman–Crippen LogP) is -11.9. The zero-order valence-electron chi connectivity index (χ0n) is 54.7. The molecule has 4 amide bonds. The topological polar surface area (TPSA) is 601 Å². The zero-order valence-corrected chi connectivity index (χ0v) is 54.7. The highest BCUT2D eigenvalue weighted by Crippen LogP contribution is 2.38. The number of hydrogen-bond donors (Lipinski definition) is 22. The number of rotatable bonds is 24. The van der Waals surface area contributed by atoms with Gasteiger partial charge in [0, 0.05) is 27.7 Å². The molecule has 0 radical (unpaired) electrons. The molecule has 7 aliphatic rings. The summed E-state index contributed by atoms with van der Waals surface area (Å²) in [6.45, 7) is 8.74. The van der Waals surface area contributed by atoms with E-state index in [-0.39, 0.29) is 5.92 Å². The molecule has 35 unspecified atom stereocenters. The molecule has 7 fully saturated rings. The SMILES string of the molecule is CC.CC.CC(=O)NC1C(OC2C(OCC3OC(OC4C(CO)OC(OC5C(CO)OC(C(C)C)C(NC(C)=O)C5O)C(NC(C)=O)C4O)C(O)C(OC4OC(CO)C(O)C(O)C4OC4OC(CO)C(O)C(O)C4NC(C)=O)C3O)OC(CO)C(O)C2O)OC(CO)C(O)C1O. The molecule has 0 aromatic rings. The van der Waals surface area contributed by atoms with Crippen LogP contribution in [0.15, 0.2) is 0 Å². The Balaban J connectivity index is 0.00000409. The van der Waals surface area contributed by atoms with Crippen molar-refractivity contribution < 1.29 is 173 Å². The lowest BCUT2D eigenvalue weighted by molar-refractivity contribution is -0.395. The molecule has 22 N–H and O–H groups in total. The lowest BCUT2D eigenvalue weighted by atomic mass is 9.87. The molecule has 0 aromatic heterocycles. The lowest BCUT2D eigenvalue weighted by Gasteiger charge is -2.51. The largest absolute Gasteiger partial charge is 0.394 e. The molecule has 39 heteroatoms. The Hall–Kier alpha value is -3.36. The van der Waals surface area contributed by atoms with E-state index in [0.717, 1.165) is 20.8 Å². The standard InChI is InChI=1S/C53H90N4O35.2C2H6/c1-14(2)42-26(54-15(3)64)37(75)43(23(11-62)81-42)88-50-29(57-18(6)67)38(76)44(24(12-63)86-50)89-51-41(79)45(90-53-47(40(78)33(71)22(10-61)85-53)92-49-28(56-17(5)66)36(74)31(69)20(8-59)83-49)34(72)25(87-51)13-80-52-46(39(77)32(70)21(9-60)84-52)91-48-27(55-16(4)65)35(73)30(68)19(7-58)82-48;2*1-2/h14,19-53,58-63,68-79H,7-13H2,1-6H3,(H,54,64)(H,55,65)(H,56,66)(H,57,67);2*1-2H3. The number of carbonyl (C=O) groups excluding carboxylic acids is 4. The van der Waals surface area contributed by atoms with Gasteiger partial charge in [-0.25, -0.2) is 0 Å². The van der Waals surface area contributed by atoms with Crippen LogP contribution in [0, 0.1) is 5.92 Å². The first kappa shape index (κ1) is 83.3. The van der Waals surface area contributed by atoms with Crippen LogP contribution < -0.4 is 21.3 Å². The van der Waals surface area contributed by atoms with E-state index in [1.165, 1.54) is 6.92 Å². The van der Waals surface area contributed by atoms with Gasteiger partial charge in [0.1, 0.15) is 165 Å². The summed E-state index contributed by atoms with van der Waals surface area (Å²) in [6, 6.07) is -6.33. The Labute approximate surface area is 552 Å². The van der Waals surface area contributed by atoms with E-state index in [1.54, 1.807) is 13.8 Å². The monoisotopic (exact) mass is 1400 g/mol. The summed E-state index contributed by atoms with van der Waals surface area (Å²) >= 11 is 0. The van der Waals surface area contributed by atoms with Crippen LogP contribution in [0.2, 0.25) is 0 Å². The van der Waals surface area contributed by atoms with Crippen molar-refractivity contribution in [3.63, 3.8) is 0 Å². The number of aliphatic hydroxyl groups excluding tert-OH is 18. The average molecular weight is 1400 g/mol. The molecule has 7 rings (SSSR count). The number of aliphatic hydroxyl groups is 18. The number of nitrogens with one attached hydrogen (secondary N) is 4. The minimum Gasteiger partial charge on any atom is -0.394 e. The summed E-state index contributed by atoms with van der Waals surface area (Å²) in [6.07, 6.45) is -59.7. The molecule has 560 valence electrons. The molecule has 7 heterocycles. The van der Waals surface area contributed by atoms with Crippen molar-refractivity contribution in [2.75, 3.05) is 46.2 Å². The van der Waals surface area contributed by atoms with Crippen molar-refractivity contribution in [1.82, 2.24) is 21.3 Å². The molecule has 39 nitrogen and oxygen atoms in total. The molecular weight excluding hydrogens is 1300 g/mol. The molecule has 0 aliphatic carbocycles. The van der Waals surface area contributed by atoms with Gasteiger partial charge < -0.3 is 175 Å². The second-order valence-electron chi connectivity index (χ2n) is 23.9. The van der Waals surface area contributed by atoms with Crippen molar-refractivity contribution in [3.05, 3.63) is 0 Å². The van der Waals surface area contributed by atoms with Gasteiger partial charge in [0.2, 0.25) is 23.6 Å². The van der Waals surface area contributed by atoms with Gasteiger partial charge in [-0.2, -0.15) is 0 Å². The van der Waals surface area contributed by atoms with E-state index in [2.05, 4.69) is 21.3 Å². The maximum Gasteiger partial charge on any atom is 0.217 e. The number of ether oxygens (including phenoxy) is 13. The van der Waals surface area contributed by atoms with E-state index in [0.29, 0.717) is 0 Å². The summed E-state index contributed by atoms with van der Waals surface area (Å²) in [5.74, 6) is -3.41. The van der Waals surface area contributed by atoms with Gasteiger partial charge in [-0.3, -0.25) is 19.2 Å². The molecule has 7 saturated heterocycles. The second kappa shape index (κ2) is 38.1. The quantitative estimate of drug-likeness (QED) is 0.0427.